The van der Waals surface area contributed by atoms with Gasteiger partial charge in [-0.15, -0.1) is 0 Å². The molecule has 2 aromatic carbocycles. The van der Waals surface area contributed by atoms with Crippen LogP contribution in [0.3, 0.4) is 0 Å². The minimum Gasteiger partial charge on any atom is -0.325 e. The number of piperidine rings is 1. The second-order valence-corrected chi connectivity index (χ2v) is 9.25. The molecule has 1 unspecified atom stereocenters. The van der Waals surface area contributed by atoms with Gasteiger partial charge in [-0.05, 0) is 56.2 Å². The standard InChI is InChI=1S/C25H33ClN4O/c1-27-14-12-23(13-15-27)28(2)25(31)30-18-16-29(17-19-30)24(20-6-4-3-5-7-20)21-8-10-22(26)11-9-21/h3-11,23-24H,12-19H2,1-2H3. The minimum absolute atomic E-state index is 0.169. The summed E-state index contributed by atoms with van der Waals surface area (Å²) in [5.41, 5.74) is 2.51. The molecule has 2 aliphatic rings. The summed E-state index contributed by atoms with van der Waals surface area (Å²) in [6.07, 6.45) is 2.12. The van der Waals surface area contributed by atoms with Crippen LogP contribution in [0.4, 0.5) is 4.79 Å². The summed E-state index contributed by atoms with van der Waals surface area (Å²) in [4.78, 5) is 22.0. The van der Waals surface area contributed by atoms with Crippen molar-refractivity contribution in [3.63, 3.8) is 0 Å². The molecular weight excluding hydrogens is 408 g/mol. The Kier molecular flexibility index (Phi) is 7.16. The average molecular weight is 441 g/mol. The lowest BCUT2D eigenvalue weighted by Gasteiger charge is -2.42. The van der Waals surface area contributed by atoms with Gasteiger partial charge in [0.05, 0.1) is 6.04 Å². The first-order valence-corrected chi connectivity index (χ1v) is 11.7. The highest BCUT2D eigenvalue weighted by Crippen LogP contribution is 2.30. The van der Waals surface area contributed by atoms with E-state index in [1.54, 1.807) is 0 Å². The monoisotopic (exact) mass is 440 g/mol. The fraction of sp³-hybridized carbons (Fsp3) is 0.480. The molecule has 6 heteroatoms. The quantitative estimate of drug-likeness (QED) is 0.713. The van der Waals surface area contributed by atoms with Gasteiger partial charge in [-0.3, -0.25) is 4.90 Å². The molecule has 4 rings (SSSR count). The summed E-state index contributed by atoms with van der Waals surface area (Å²) >= 11 is 6.14. The van der Waals surface area contributed by atoms with Crippen LogP contribution < -0.4 is 0 Å². The Morgan fingerprint density at radius 1 is 0.903 bits per heavy atom. The van der Waals surface area contributed by atoms with Gasteiger partial charge in [0.25, 0.3) is 0 Å². The van der Waals surface area contributed by atoms with Crippen LogP contribution in [0.1, 0.15) is 30.0 Å². The number of carbonyl (C=O) groups is 1. The van der Waals surface area contributed by atoms with E-state index in [2.05, 4.69) is 59.3 Å². The maximum absolute atomic E-state index is 13.1. The van der Waals surface area contributed by atoms with Crippen molar-refractivity contribution in [2.45, 2.75) is 24.9 Å². The average Bonchev–Trinajstić information content (AvgIpc) is 2.81. The lowest BCUT2D eigenvalue weighted by atomic mass is 9.96. The number of rotatable bonds is 4. The molecule has 166 valence electrons. The van der Waals surface area contributed by atoms with E-state index >= 15 is 0 Å². The molecule has 1 atom stereocenters. The van der Waals surface area contributed by atoms with Crippen molar-refractivity contribution in [2.75, 3.05) is 53.4 Å². The van der Waals surface area contributed by atoms with Crippen molar-refractivity contribution in [1.29, 1.82) is 0 Å². The molecule has 0 aromatic heterocycles. The smallest absolute Gasteiger partial charge is 0.320 e. The van der Waals surface area contributed by atoms with E-state index in [0.717, 1.165) is 57.1 Å². The first-order valence-electron chi connectivity index (χ1n) is 11.3. The van der Waals surface area contributed by atoms with E-state index < -0.39 is 0 Å². The van der Waals surface area contributed by atoms with Crippen LogP contribution in [0.5, 0.6) is 0 Å². The van der Waals surface area contributed by atoms with E-state index in [-0.39, 0.29) is 12.1 Å². The molecule has 0 bridgehead atoms. The predicted molar refractivity (Wildman–Crippen MR) is 127 cm³/mol. The van der Waals surface area contributed by atoms with Gasteiger partial charge in [0.2, 0.25) is 0 Å². The van der Waals surface area contributed by atoms with Crippen molar-refractivity contribution in [3.05, 3.63) is 70.7 Å². The number of amides is 2. The van der Waals surface area contributed by atoms with E-state index in [1.165, 1.54) is 11.1 Å². The molecule has 2 heterocycles. The van der Waals surface area contributed by atoms with Gasteiger partial charge in [-0.2, -0.15) is 0 Å². The van der Waals surface area contributed by atoms with Gasteiger partial charge < -0.3 is 14.7 Å². The largest absolute Gasteiger partial charge is 0.325 e. The predicted octanol–water partition coefficient (Wildman–Crippen LogP) is 4.19. The fourth-order valence-electron chi connectivity index (χ4n) is 4.83. The fourth-order valence-corrected chi connectivity index (χ4v) is 4.95. The molecule has 2 fully saturated rings. The number of hydrogen-bond acceptors (Lipinski definition) is 3. The molecule has 0 aliphatic carbocycles. The molecule has 31 heavy (non-hydrogen) atoms. The number of hydrogen-bond donors (Lipinski definition) is 0. The molecule has 0 N–H and O–H groups in total. The summed E-state index contributed by atoms with van der Waals surface area (Å²) in [6.45, 7) is 5.36. The van der Waals surface area contributed by atoms with Crippen LogP contribution in [0.2, 0.25) is 5.02 Å². The second-order valence-electron chi connectivity index (χ2n) is 8.82. The third-order valence-corrected chi connectivity index (χ3v) is 7.04. The Morgan fingerprint density at radius 2 is 1.48 bits per heavy atom. The van der Waals surface area contributed by atoms with Crippen molar-refractivity contribution in [2.24, 2.45) is 0 Å². The lowest BCUT2D eigenvalue weighted by Crippen LogP contribution is -2.55. The van der Waals surface area contributed by atoms with Crippen LogP contribution in [0.25, 0.3) is 0 Å². The van der Waals surface area contributed by atoms with Crippen molar-refractivity contribution >= 4 is 17.6 Å². The highest BCUT2D eigenvalue weighted by molar-refractivity contribution is 6.30. The van der Waals surface area contributed by atoms with Gasteiger partial charge >= 0.3 is 6.03 Å². The number of piperazine rings is 1. The van der Waals surface area contributed by atoms with Crippen molar-refractivity contribution in [3.8, 4) is 0 Å². The van der Waals surface area contributed by atoms with Gasteiger partial charge in [0.15, 0.2) is 0 Å². The van der Waals surface area contributed by atoms with E-state index in [4.69, 9.17) is 11.6 Å². The highest BCUT2D eigenvalue weighted by Gasteiger charge is 2.31. The molecule has 2 amide bonds. The molecule has 2 aliphatic heterocycles. The molecule has 2 aromatic rings. The summed E-state index contributed by atoms with van der Waals surface area (Å²) in [5, 5.41) is 0.753. The number of likely N-dealkylation sites (tertiary alicyclic amines) is 1. The van der Waals surface area contributed by atoms with Crippen LogP contribution in [0, 0.1) is 0 Å². The van der Waals surface area contributed by atoms with Crippen LogP contribution >= 0.6 is 11.6 Å². The van der Waals surface area contributed by atoms with Gasteiger partial charge in [-0.1, -0.05) is 54.1 Å². The lowest BCUT2D eigenvalue weighted by molar-refractivity contribution is 0.0857. The molecule has 2 saturated heterocycles. The molecule has 5 nitrogen and oxygen atoms in total. The third kappa shape index (κ3) is 5.22. The topological polar surface area (TPSA) is 30.0 Å². The van der Waals surface area contributed by atoms with Gasteiger partial charge in [0, 0.05) is 44.3 Å². The zero-order valence-electron chi connectivity index (χ0n) is 18.6. The number of halogens is 1. The molecule has 0 spiro atoms. The van der Waals surface area contributed by atoms with Crippen LogP contribution in [-0.4, -0.2) is 85.0 Å². The molecular formula is C25H33ClN4O. The SMILES string of the molecule is CN1CCC(N(C)C(=O)N2CCN(C(c3ccccc3)c3ccc(Cl)cc3)CC2)CC1. The van der Waals surface area contributed by atoms with Crippen molar-refractivity contribution < 1.29 is 4.79 Å². The van der Waals surface area contributed by atoms with E-state index in [1.807, 2.05) is 29.0 Å². The Labute approximate surface area is 191 Å². The maximum Gasteiger partial charge on any atom is 0.320 e. The highest BCUT2D eigenvalue weighted by atomic mass is 35.5. The third-order valence-electron chi connectivity index (χ3n) is 6.79. The second kappa shape index (κ2) is 10.0. The van der Waals surface area contributed by atoms with Gasteiger partial charge in [0.1, 0.15) is 0 Å². The number of nitrogens with zero attached hydrogens (tertiary/aromatic N) is 4. The van der Waals surface area contributed by atoms with E-state index in [0.29, 0.717) is 6.04 Å². The Bertz CT molecular complexity index is 844. The maximum atomic E-state index is 13.1. The zero-order valence-corrected chi connectivity index (χ0v) is 19.3. The van der Waals surface area contributed by atoms with E-state index in [9.17, 15) is 4.79 Å². The number of benzene rings is 2. The Hall–Kier alpha value is -2.08. The summed E-state index contributed by atoms with van der Waals surface area (Å²) in [5.74, 6) is 0. The Balaban J connectivity index is 1.43. The van der Waals surface area contributed by atoms with Crippen LogP contribution in [-0.2, 0) is 0 Å². The van der Waals surface area contributed by atoms with Gasteiger partial charge in [-0.25, -0.2) is 4.79 Å². The molecule has 0 saturated carbocycles. The zero-order chi connectivity index (χ0) is 21.8. The van der Waals surface area contributed by atoms with Crippen molar-refractivity contribution in [1.82, 2.24) is 19.6 Å². The summed E-state index contributed by atoms with van der Waals surface area (Å²) in [7, 11) is 4.13. The Morgan fingerprint density at radius 3 is 2.10 bits per heavy atom. The number of carbonyl (C=O) groups excluding carboxylic acids is 1. The first-order chi connectivity index (χ1) is 15.0. The minimum atomic E-state index is 0.169. The first kappa shape index (κ1) is 22.1. The summed E-state index contributed by atoms with van der Waals surface area (Å²) in [6, 6.07) is 19.5. The van der Waals surface area contributed by atoms with Crippen LogP contribution in [0.15, 0.2) is 54.6 Å². The molecule has 0 radical (unpaired) electrons. The number of urea groups is 1. The normalized spacial score (nSPS) is 19.9. The summed E-state index contributed by atoms with van der Waals surface area (Å²) < 4.78 is 0.